The molecule has 0 radical (unpaired) electrons. The average molecular weight is 417 g/mol. The number of carbonyl (C=O) groups excluding carboxylic acids is 1. The van der Waals surface area contributed by atoms with Crippen LogP contribution < -0.4 is 11.1 Å². The van der Waals surface area contributed by atoms with Crippen LogP contribution in [0.15, 0.2) is 46.0 Å². The number of pyridine rings is 1. The lowest BCUT2D eigenvalue weighted by atomic mass is 10.0. The van der Waals surface area contributed by atoms with Gasteiger partial charge in [0, 0.05) is 17.9 Å². The number of nitriles is 2. The third-order valence-corrected chi connectivity index (χ3v) is 5.47. The highest BCUT2D eigenvalue weighted by Gasteiger charge is 2.22. The maximum absolute atomic E-state index is 12.4. The molecule has 1 amide bonds. The first-order valence-corrected chi connectivity index (χ1v) is 10.1. The van der Waals surface area contributed by atoms with Crippen molar-refractivity contribution in [1.82, 2.24) is 4.98 Å². The Labute approximate surface area is 178 Å². The maximum atomic E-state index is 12.4. The minimum atomic E-state index is -0.133. The number of furan rings is 1. The second-order valence-corrected chi connectivity index (χ2v) is 7.63. The van der Waals surface area contributed by atoms with Crippen LogP contribution in [0, 0.1) is 36.5 Å². The van der Waals surface area contributed by atoms with Crippen molar-refractivity contribution in [2.24, 2.45) is 0 Å². The van der Waals surface area contributed by atoms with E-state index < -0.39 is 0 Å². The molecule has 0 aliphatic heterocycles. The van der Waals surface area contributed by atoms with Crippen molar-refractivity contribution in [3.05, 3.63) is 58.8 Å². The summed E-state index contributed by atoms with van der Waals surface area (Å²) in [5.74, 6) is 0.643. The van der Waals surface area contributed by atoms with Crippen molar-refractivity contribution in [3.8, 4) is 23.5 Å². The summed E-state index contributed by atoms with van der Waals surface area (Å²) >= 11 is 1.24. The van der Waals surface area contributed by atoms with E-state index in [9.17, 15) is 15.3 Å². The predicted molar refractivity (Wildman–Crippen MR) is 116 cm³/mol. The lowest BCUT2D eigenvalue weighted by Crippen LogP contribution is -2.14. The van der Waals surface area contributed by atoms with Gasteiger partial charge in [-0.3, -0.25) is 4.79 Å². The summed E-state index contributed by atoms with van der Waals surface area (Å²) in [6.07, 6.45) is 1.68. The number of amides is 1. The van der Waals surface area contributed by atoms with Gasteiger partial charge in [-0.05, 0) is 37.1 Å². The van der Waals surface area contributed by atoms with Gasteiger partial charge in [-0.15, -0.1) is 11.8 Å². The molecule has 0 saturated carbocycles. The molecule has 0 bridgehead atoms. The molecular weight excluding hydrogens is 398 g/mol. The molecule has 0 atom stereocenters. The molecule has 0 spiro atoms. The van der Waals surface area contributed by atoms with Crippen molar-refractivity contribution in [2.75, 3.05) is 16.8 Å². The Morgan fingerprint density at radius 1 is 1.17 bits per heavy atom. The fraction of sp³-hybridized carbons (Fsp3) is 0.182. The molecule has 30 heavy (non-hydrogen) atoms. The van der Waals surface area contributed by atoms with Crippen LogP contribution in [0.5, 0.6) is 0 Å². The Hall–Kier alpha value is -3.75. The van der Waals surface area contributed by atoms with E-state index in [-0.39, 0.29) is 29.3 Å². The number of nitrogen functional groups attached to an aromatic ring is 1. The first-order chi connectivity index (χ1) is 14.5. The largest absolute Gasteiger partial charge is 0.464 e. The summed E-state index contributed by atoms with van der Waals surface area (Å²) in [4.78, 5) is 16.6. The van der Waals surface area contributed by atoms with Crippen LogP contribution in [0.2, 0.25) is 0 Å². The van der Waals surface area contributed by atoms with E-state index in [1.807, 2.05) is 38.1 Å². The van der Waals surface area contributed by atoms with Crippen LogP contribution in [0.3, 0.4) is 0 Å². The molecule has 7 nitrogen and oxygen atoms in total. The number of nitrogens with zero attached hydrogens (tertiary/aromatic N) is 3. The van der Waals surface area contributed by atoms with Gasteiger partial charge in [-0.2, -0.15) is 10.5 Å². The minimum Gasteiger partial charge on any atom is -0.464 e. The van der Waals surface area contributed by atoms with Crippen molar-refractivity contribution < 1.29 is 9.21 Å². The van der Waals surface area contributed by atoms with Gasteiger partial charge in [0.2, 0.25) is 5.91 Å². The Balaban J connectivity index is 1.78. The summed E-state index contributed by atoms with van der Waals surface area (Å²) in [5, 5.41) is 22.5. The molecule has 0 saturated heterocycles. The number of anilines is 2. The summed E-state index contributed by atoms with van der Waals surface area (Å²) in [6, 6.07) is 13.2. The van der Waals surface area contributed by atoms with E-state index in [1.165, 1.54) is 18.0 Å². The quantitative estimate of drug-likeness (QED) is 0.568. The van der Waals surface area contributed by atoms with Crippen LogP contribution in [-0.2, 0) is 4.79 Å². The molecule has 3 aromatic rings. The first-order valence-electron chi connectivity index (χ1n) is 9.12. The van der Waals surface area contributed by atoms with Crippen molar-refractivity contribution in [1.29, 1.82) is 10.5 Å². The maximum Gasteiger partial charge on any atom is 0.225 e. The lowest BCUT2D eigenvalue weighted by molar-refractivity contribution is -0.115. The minimum absolute atomic E-state index is 0.0189. The zero-order valence-corrected chi connectivity index (χ0v) is 17.3. The number of nitrogens with two attached hydrogens (primary N) is 1. The summed E-state index contributed by atoms with van der Waals surface area (Å²) in [7, 11) is 0. The molecule has 0 aliphatic carbocycles. The van der Waals surface area contributed by atoms with E-state index in [0.29, 0.717) is 22.1 Å². The molecular formula is C22H19N5O2S. The van der Waals surface area contributed by atoms with Gasteiger partial charge < -0.3 is 15.5 Å². The number of thioether (sulfide) groups is 1. The Morgan fingerprint density at radius 3 is 2.47 bits per heavy atom. The standard InChI is InChI=1S/C22H19N5O2S/c1-13-5-3-6-14(2)20(13)26-18(28)8-10-30-22-16(12-24)19(17-7-4-9-29-17)15(11-23)21(25)27-22/h3-7,9H,8,10H2,1-2H3,(H2,25,27)(H,26,28). The number of aromatic nitrogens is 1. The molecule has 3 N–H and O–H groups in total. The number of hydrogen-bond donors (Lipinski definition) is 2. The number of benzene rings is 1. The van der Waals surface area contributed by atoms with Crippen molar-refractivity contribution in [2.45, 2.75) is 25.3 Å². The molecule has 3 rings (SSSR count). The average Bonchev–Trinajstić information content (AvgIpc) is 3.25. The summed E-state index contributed by atoms with van der Waals surface area (Å²) < 4.78 is 5.39. The van der Waals surface area contributed by atoms with Gasteiger partial charge in [0.25, 0.3) is 0 Å². The third kappa shape index (κ3) is 4.29. The van der Waals surface area contributed by atoms with Crippen LogP contribution in [0.1, 0.15) is 28.7 Å². The highest BCUT2D eigenvalue weighted by molar-refractivity contribution is 7.99. The highest BCUT2D eigenvalue weighted by atomic mass is 32.2. The number of para-hydroxylation sites is 1. The van der Waals surface area contributed by atoms with Crippen molar-refractivity contribution in [3.63, 3.8) is 0 Å². The normalized spacial score (nSPS) is 10.3. The molecule has 0 aliphatic rings. The molecule has 1 aromatic carbocycles. The number of hydrogen-bond acceptors (Lipinski definition) is 7. The molecule has 0 fully saturated rings. The molecule has 150 valence electrons. The second kappa shape index (κ2) is 9.17. The van der Waals surface area contributed by atoms with Gasteiger partial charge in [-0.1, -0.05) is 18.2 Å². The Bertz CT molecular complexity index is 1150. The smallest absolute Gasteiger partial charge is 0.225 e. The Morgan fingerprint density at radius 2 is 1.87 bits per heavy atom. The SMILES string of the molecule is Cc1cccc(C)c1NC(=O)CCSc1nc(N)c(C#N)c(-c2ccco2)c1C#N. The lowest BCUT2D eigenvalue weighted by Gasteiger charge is -2.12. The first kappa shape index (κ1) is 21.0. The second-order valence-electron chi connectivity index (χ2n) is 6.54. The van der Waals surface area contributed by atoms with Gasteiger partial charge in [-0.25, -0.2) is 4.98 Å². The monoisotopic (exact) mass is 417 g/mol. The van der Waals surface area contributed by atoms with Crippen molar-refractivity contribution >= 4 is 29.2 Å². The van der Waals surface area contributed by atoms with Gasteiger partial charge in [0.15, 0.2) is 0 Å². The van der Waals surface area contributed by atoms with Gasteiger partial charge >= 0.3 is 0 Å². The zero-order valence-electron chi connectivity index (χ0n) is 16.5. The molecule has 2 aromatic heterocycles. The van der Waals surface area contributed by atoms with Gasteiger partial charge in [0.1, 0.15) is 34.3 Å². The van der Waals surface area contributed by atoms with E-state index in [2.05, 4.69) is 16.4 Å². The Kier molecular flexibility index (Phi) is 6.41. The number of carbonyl (C=O) groups is 1. The number of rotatable bonds is 6. The van der Waals surface area contributed by atoms with Crippen LogP contribution in [-0.4, -0.2) is 16.6 Å². The molecule has 8 heteroatoms. The summed E-state index contributed by atoms with van der Waals surface area (Å²) in [6.45, 7) is 3.88. The fourth-order valence-corrected chi connectivity index (χ4v) is 3.96. The van der Waals surface area contributed by atoms with E-state index in [1.54, 1.807) is 12.1 Å². The summed E-state index contributed by atoms with van der Waals surface area (Å²) in [5.41, 5.74) is 9.37. The van der Waals surface area contributed by atoms with Crippen LogP contribution in [0.25, 0.3) is 11.3 Å². The number of aryl methyl sites for hydroxylation is 2. The predicted octanol–water partition coefficient (Wildman–Crippen LogP) is 4.40. The van der Waals surface area contributed by atoms with Crippen LogP contribution in [0.4, 0.5) is 11.5 Å². The molecule has 0 unspecified atom stereocenters. The fourth-order valence-electron chi connectivity index (χ4n) is 3.02. The van der Waals surface area contributed by atoms with E-state index in [4.69, 9.17) is 10.2 Å². The van der Waals surface area contributed by atoms with Crippen LogP contribution >= 0.6 is 11.8 Å². The van der Waals surface area contributed by atoms with Gasteiger partial charge in [0.05, 0.1) is 17.4 Å². The van der Waals surface area contributed by atoms with E-state index >= 15 is 0 Å². The molecule has 2 heterocycles. The third-order valence-electron chi connectivity index (χ3n) is 4.50. The zero-order chi connectivity index (χ0) is 21.7. The highest BCUT2D eigenvalue weighted by Crippen LogP contribution is 2.36. The van der Waals surface area contributed by atoms with E-state index in [0.717, 1.165) is 16.8 Å². The topological polar surface area (TPSA) is 129 Å². The number of nitrogens with one attached hydrogen (secondary N) is 1.